The van der Waals surface area contributed by atoms with E-state index in [0.717, 1.165) is 11.3 Å². The summed E-state index contributed by atoms with van der Waals surface area (Å²) in [6.07, 6.45) is 0.550. The summed E-state index contributed by atoms with van der Waals surface area (Å²) in [4.78, 5) is 11.2. The van der Waals surface area contributed by atoms with E-state index in [1.54, 1.807) is 12.1 Å². The third-order valence-electron chi connectivity index (χ3n) is 1.81. The normalized spacial score (nSPS) is 9.69. The first-order valence-corrected chi connectivity index (χ1v) is 4.54. The van der Waals surface area contributed by atoms with Gasteiger partial charge in [0.2, 0.25) is 0 Å². The van der Waals surface area contributed by atoms with Crippen molar-refractivity contribution in [1.82, 2.24) is 0 Å². The van der Waals surface area contributed by atoms with Crippen LogP contribution in [0.15, 0.2) is 24.3 Å². The van der Waals surface area contributed by atoms with Crippen LogP contribution in [0.5, 0.6) is 5.75 Å². The van der Waals surface area contributed by atoms with Gasteiger partial charge in [0, 0.05) is 12.0 Å². The van der Waals surface area contributed by atoms with E-state index < -0.39 is 0 Å². The molecule has 0 atom stereocenters. The zero-order valence-corrected chi connectivity index (χ0v) is 8.04. The SMILES string of the molecule is CCOc1ccc(C(=O)CC)cc1. The topological polar surface area (TPSA) is 26.3 Å². The summed E-state index contributed by atoms with van der Waals surface area (Å²) in [5.41, 5.74) is 0.756. The Kier molecular flexibility index (Phi) is 3.50. The number of Topliss-reactive ketones (excluding diaryl/α,β-unsaturated/α-hetero) is 1. The molecule has 1 rings (SSSR count). The summed E-state index contributed by atoms with van der Waals surface area (Å²) in [7, 11) is 0. The zero-order valence-electron chi connectivity index (χ0n) is 8.04. The van der Waals surface area contributed by atoms with Crippen molar-refractivity contribution in [1.29, 1.82) is 0 Å². The number of carbonyl (C=O) groups is 1. The van der Waals surface area contributed by atoms with Crippen LogP contribution in [0.25, 0.3) is 0 Å². The molecule has 0 fully saturated rings. The van der Waals surface area contributed by atoms with Crippen molar-refractivity contribution in [3.63, 3.8) is 0 Å². The molecular weight excluding hydrogens is 164 g/mol. The van der Waals surface area contributed by atoms with Gasteiger partial charge in [-0.3, -0.25) is 4.79 Å². The number of hydrogen-bond donors (Lipinski definition) is 0. The van der Waals surface area contributed by atoms with Gasteiger partial charge in [0.15, 0.2) is 5.78 Å². The first-order valence-electron chi connectivity index (χ1n) is 4.54. The van der Waals surface area contributed by atoms with Gasteiger partial charge < -0.3 is 4.74 Å². The molecule has 0 aromatic heterocycles. The van der Waals surface area contributed by atoms with Crippen LogP contribution in [0.2, 0.25) is 0 Å². The molecule has 0 aliphatic carbocycles. The zero-order chi connectivity index (χ0) is 9.68. The van der Waals surface area contributed by atoms with Crippen molar-refractivity contribution in [3.8, 4) is 5.75 Å². The average Bonchev–Trinajstić information content (AvgIpc) is 2.18. The van der Waals surface area contributed by atoms with Crippen LogP contribution in [0, 0.1) is 0 Å². The van der Waals surface area contributed by atoms with Crippen molar-refractivity contribution in [2.45, 2.75) is 20.3 Å². The number of rotatable bonds is 4. The first-order chi connectivity index (χ1) is 6.27. The third kappa shape index (κ3) is 2.58. The summed E-state index contributed by atoms with van der Waals surface area (Å²) in [5.74, 6) is 0.984. The second-order valence-electron chi connectivity index (χ2n) is 2.73. The lowest BCUT2D eigenvalue weighted by Crippen LogP contribution is -1.96. The molecule has 1 aromatic carbocycles. The van der Waals surface area contributed by atoms with Gasteiger partial charge in [0.05, 0.1) is 6.61 Å². The van der Waals surface area contributed by atoms with Crippen LogP contribution in [0.3, 0.4) is 0 Å². The summed E-state index contributed by atoms with van der Waals surface area (Å²) < 4.78 is 5.26. The van der Waals surface area contributed by atoms with Gasteiger partial charge in [-0.25, -0.2) is 0 Å². The fraction of sp³-hybridized carbons (Fsp3) is 0.364. The Morgan fingerprint density at radius 3 is 2.31 bits per heavy atom. The average molecular weight is 178 g/mol. The molecule has 0 aliphatic rings. The Morgan fingerprint density at radius 2 is 1.85 bits per heavy atom. The molecule has 70 valence electrons. The quantitative estimate of drug-likeness (QED) is 0.662. The largest absolute Gasteiger partial charge is 0.494 e. The van der Waals surface area contributed by atoms with Crippen molar-refractivity contribution in [3.05, 3.63) is 29.8 Å². The molecule has 0 aliphatic heterocycles. The molecular formula is C11H14O2. The molecule has 13 heavy (non-hydrogen) atoms. The molecule has 0 unspecified atom stereocenters. The summed E-state index contributed by atoms with van der Waals surface area (Å²) in [6.45, 7) is 4.45. The number of ketones is 1. The van der Waals surface area contributed by atoms with Crippen molar-refractivity contribution in [2.24, 2.45) is 0 Å². The van der Waals surface area contributed by atoms with Crippen LogP contribution in [-0.4, -0.2) is 12.4 Å². The lowest BCUT2D eigenvalue weighted by atomic mass is 10.1. The molecule has 0 amide bonds. The Balaban J connectivity index is 2.75. The number of ether oxygens (including phenoxy) is 1. The van der Waals surface area contributed by atoms with Crippen LogP contribution >= 0.6 is 0 Å². The third-order valence-corrected chi connectivity index (χ3v) is 1.81. The molecule has 2 heteroatoms. The van der Waals surface area contributed by atoms with Gasteiger partial charge in [-0.15, -0.1) is 0 Å². The molecule has 0 saturated carbocycles. The lowest BCUT2D eigenvalue weighted by molar-refractivity contribution is 0.0988. The maximum Gasteiger partial charge on any atom is 0.162 e. The Hall–Kier alpha value is -1.31. The van der Waals surface area contributed by atoms with Gasteiger partial charge in [-0.05, 0) is 31.2 Å². The molecule has 0 radical (unpaired) electrons. The number of carbonyl (C=O) groups excluding carboxylic acids is 1. The Bertz CT molecular complexity index is 275. The summed E-state index contributed by atoms with van der Waals surface area (Å²) in [5, 5.41) is 0. The minimum absolute atomic E-state index is 0.169. The second-order valence-corrected chi connectivity index (χ2v) is 2.73. The second kappa shape index (κ2) is 4.65. The monoisotopic (exact) mass is 178 g/mol. The van der Waals surface area contributed by atoms with Crippen LogP contribution in [0.4, 0.5) is 0 Å². The minimum Gasteiger partial charge on any atom is -0.494 e. The highest BCUT2D eigenvalue weighted by Gasteiger charge is 2.01. The van der Waals surface area contributed by atoms with E-state index in [-0.39, 0.29) is 5.78 Å². The molecule has 0 saturated heterocycles. The van der Waals surface area contributed by atoms with Gasteiger partial charge >= 0.3 is 0 Å². The van der Waals surface area contributed by atoms with Gasteiger partial charge in [0.25, 0.3) is 0 Å². The van der Waals surface area contributed by atoms with E-state index >= 15 is 0 Å². The Morgan fingerprint density at radius 1 is 1.23 bits per heavy atom. The van der Waals surface area contributed by atoms with E-state index in [1.807, 2.05) is 26.0 Å². The highest BCUT2D eigenvalue weighted by molar-refractivity contribution is 5.95. The lowest BCUT2D eigenvalue weighted by Gasteiger charge is -2.03. The summed E-state index contributed by atoms with van der Waals surface area (Å²) in [6, 6.07) is 7.26. The minimum atomic E-state index is 0.169. The van der Waals surface area contributed by atoms with Gasteiger partial charge in [-0.1, -0.05) is 6.92 Å². The predicted octanol–water partition coefficient (Wildman–Crippen LogP) is 2.68. The summed E-state index contributed by atoms with van der Waals surface area (Å²) >= 11 is 0. The molecule has 0 heterocycles. The van der Waals surface area contributed by atoms with Crippen molar-refractivity contribution >= 4 is 5.78 Å². The number of hydrogen-bond acceptors (Lipinski definition) is 2. The molecule has 2 nitrogen and oxygen atoms in total. The smallest absolute Gasteiger partial charge is 0.162 e. The van der Waals surface area contributed by atoms with Crippen LogP contribution < -0.4 is 4.74 Å². The number of benzene rings is 1. The van der Waals surface area contributed by atoms with Gasteiger partial charge in [0.1, 0.15) is 5.75 Å². The highest BCUT2D eigenvalue weighted by Crippen LogP contribution is 2.12. The standard InChI is InChI=1S/C11H14O2/c1-3-11(12)9-5-7-10(8-6-9)13-4-2/h5-8H,3-4H2,1-2H3. The maximum absolute atomic E-state index is 11.2. The van der Waals surface area contributed by atoms with Crippen LogP contribution in [-0.2, 0) is 0 Å². The van der Waals surface area contributed by atoms with E-state index in [9.17, 15) is 4.79 Å². The van der Waals surface area contributed by atoms with Gasteiger partial charge in [-0.2, -0.15) is 0 Å². The fourth-order valence-electron chi connectivity index (χ4n) is 1.11. The van der Waals surface area contributed by atoms with Crippen molar-refractivity contribution < 1.29 is 9.53 Å². The van der Waals surface area contributed by atoms with E-state index in [4.69, 9.17) is 4.74 Å². The molecule has 0 bridgehead atoms. The first kappa shape index (κ1) is 9.78. The van der Waals surface area contributed by atoms with E-state index in [1.165, 1.54) is 0 Å². The Labute approximate surface area is 78.5 Å². The molecule has 0 N–H and O–H groups in total. The van der Waals surface area contributed by atoms with E-state index in [0.29, 0.717) is 13.0 Å². The predicted molar refractivity (Wildman–Crippen MR) is 52.2 cm³/mol. The highest BCUT2D eigenvalue weighted by atomic mass is 16.5. The van der Waals surface area contributed by atoms with Crippen molar-refractivity contribution in [2.75, 3.05) is 6.61 Å². The molecule has 0 spiro atoms. The molecule has 1 aromatic rings. The van der Waals surface area contributed by atoms with E-state index in [2.05, 4.69) is 0 Å². The van der Waals surface area contributed by atoms with Crippen LogP contribution in [0.1, 0.15) is 30.6 Å². The maximum atomic E-state index is 11.2. The fourth-order valence-corrected chi connectivity index (χ4v) is 1.11.